The van der Waals surface area contributed by atoms with Gasteiger partial charge in [-0.15, -0.1) is 0 Å². The summed E-state index contributed by atoms with van der Waals surface area (Å²) in [5.41, 5.74) is 0.459. The Labute approximate surface area is 124 Å². The van der Waals surface area contributed by atoms with Gasteiger partial charge in [0.25, 0.3) is 0 Å². The van der Waals surface area contributed by atoms with Crippen LogP contribution < -0.4 is 0 Å². The molecule has 1 aromatic carbocycles. The first-order valence-electron chi connectivity index (χ1n) is 5.85. The normalized spacial score (nSPS) is 12.0. The van der Waals surface area contributed by atoms with Crippen LogP contribution in [0, 0.1) is 11.3 Å². The molecule has 0 saturated carbocycles. The van der Waals surface area contributed by atoms with Crippen molar-refractivity contribution >= 4 is 30.4 Å². The van der Waals surface area contributed by atoms with Gasteiger partial charge in [0.1, 0.15) is 12.9 Å². The summed E-state index contributed by atoms with van der Waals surface area (Å²) < 4.78 is 18.8. The van der Waals surface area contributed by atoms with E-state index in [1.165, 1.54) is 17.8 Å². The van der Waals surface area contributed by atoms with Gasteiger partial charge in [-0.3, -0.25) is 0 Å². The molecule has 0 amide bonds. The number of phenolic OH excluding ortho intramolecular Hbond substituents is 1. The molecule has 1 rings (SSSR count). The molecule has 0 aliphatic carbocycles. The third-order valence-electron chi connectivity index (χ3n) is 2.67. The smallest absolute Gasteiger partial charge is 0.129 e. The number of nitriles is 1. The van der Waals surface area contributed by atoms with Crippen LogP contribution in [-0.2, 0) is 9.09 Å². The molecule has 0 saturated heterocycles. The molecule has 4 nitrogen and oxygen atoms in total. The van der Waals surface area contributed by atoms with Crippen molar-refractivity contribution in [3.8, 4) is 11.8 Å². The highest BCUT2D eigenvalue weighted by molar-refractivity contribution is 8.34. The fourth-order valence-electron chi connectivity index (χ4n) is 1.64. The van der Waals surface area contributed by atoms with Gasteiger partial charge in [0.2, 0.25) is 0 Å². The van der Waals surface area contributed by atoms with Crippen LogP contribution in [0.3, 0.4) is 0 Å². The van der Waals surface area contributed by atoms with Crippen LogP contribution in [0.1, 0.15) is 5.56 Å². The van der Waals surface area contributed by atoms with Crippen LogP contribution in [0.25, 0.3) is 0 Å². The molecule has 0 atom stereocenters. The van der Waals surface area contributed by atoms with Crippen molar-refractivity contribution in [2.75, 3.05) is 33.8 Å². The quantitative estimate of drug-likeness (QED) is 0.669. The molecule has 0 spiro atoms. The number of aromatic hydroxyl groups is 1. The van der Waals surface area contributed by atoms with Gasteiger partial charge < -0.3 is 14.2 Å². The Balaban J connectivity index is 3.41. The molecule has 0 aromatic heterocycles. The molecular weight excluding hydrogens is 312 g/mol. The van der Waals surface area contributed by atoms with Crippen LogP contribution in [-0.4, -0.2) is 43.2 Å². The summed E-state index contributed by atoms with van der Waals surface area (Å²) in [6, 6.07) is 6.66. The van der Waals surface area contributed by atoms with Crippen LogP contribution in [0.5, 0.6) is 5.75 Å². The van der Waals surface area contributed by atoms with Crippen molar-refractivity contribution in [1.29, 1.82) is 5.26 Å². The maximum absolute atomic E-state index is 12.5. The zero-order chi connectivity index (χ0) is 15.6. The summed E-state index contributed by atoms with van der Waals surface area (Å²) in [5, 5.41) is 18.9. The van der Waals surface area contributed by atoms with Crippen molar-refractivity contribution in [2.45, 2.75) is 4.90 Å². The van der Waals surface area contributed by atoms with E-state index < -0.39 is 14.3 Å². The summed E-state index contributed by atoms with van der Waals surface area (Å²) >= 11 is 1.26. The number of benzene rings is 1. The number of rotatable bonds is 4. The third-order valence-corrected chi connectivity index (χ3v) is 12.2. The monoisotopic (exact) mass is 331 g/mol. The van der Waals surface area contributed by atoms with Crippen molar-refractivity contribution in [3.63, 3.8) is 0 Å². The predicted molar refractivity (Wildman–Crippen MR) is 88.9 cm³/mol. The summed E-state index contributed by atoms with van der Waals surface area (Å²) in [6.07, 6.45) is 0. The highest BCUT2D eigenvalue weighted by atomic mass is 32.2. The van der Waals surface area contributed by atoms with Gasteiger partial charge in [-0.1, -0.05) is 11.8 Å². The van der Waals surface area contributed by atoms with Crippen molar-refractivity contribution < 1.29 is 14.2 Å². The summed E-state index contributed by atoms with van der Waals surface area (Å²) in [4.78, 5) is 0.535. The Morgan fingerprint density at radius 1 is 1.35 bits per heavy atom. The summed E-state index contributed by atoms with van der Waals surface area (Å²) in [5.74, 6) is 0.0797. The van der Waals surface area contributed by atoms with E-state index in [9.17, 15) is 9.67 Å². The average molecular weight is 331 g/mol. The Morgan fingerprint density at radius 3 is 2.40 bits per heavy atom. The molecule has 0 unspecified atom stereocenters. The van der Waals surface area contributed by atoms with E-state index in [2.05, 4.69) is 0 Å². The molecule has 0 radical (unpaired) electrons. The van der Waals surface area contributed by atoms with Crippen LogP contribution in [0.2, 0.25) is 0 Å². The lowest BCUT2D eigenvalue weighted by atomic mass is 10.2. The third kappa shape index (κ3) is 4.17. The van der Waals surface area contributed by atoms with E-state index in [0.717, 1.165) is 4.37 Å². The average Bonchev–Trinajstić information content (AvgIpc) is 2.36. The lowest BCUT2D eigenvalue weighted by Gasteiger charge is -2.23. The Hall–Kier alpha value is -0.650. The van der Waals surface area contributed by atoms with E-state index in [-0.39, 0.29) is 5.75 Å². The van der Waals surface area contributed by atoms with E-state index in [4.69, 9.17) is 9.79 Å². The molecule has 0 aliphatic heterocycles. The van der Waals surface area contributed by atoms with Gasteiger partial charge in [0, 0.05) is 14.2 Å². The lowest BCUT2D eigenvalue weighted by Crippen LogP contribution is -1.99. The topological polar surface area (TPSA) is 70.3 Å². The molecule has 20 heavy (non-hydrogen) atoms. The highest BCUT2D eigenvalue weighted by Crippen LogP contribution is 2.59. The maximum Gasteiger partial charge on any atom is 0.129 e. The molecule has 0 aliphatic rings. The van der Waals surface area contributed by atoms with Gasteiger partial charge in [-0.2, -0.15) is 5.26 Å². The second-order valence-electron chi connectivity index (χ2n) is 5.06. The first-order chi connectivity index (χ1) is 9.11. The molecule has 1 N–H and O–H groups in total. The van der Waals surface area contributed by atoms with Gasteiger partial charge in [0.05, 0.1) is 20.9 Å². The zero-order valence-corrected chi connectivity index (χ0v) is 14.9. The Kier molecular flexibility index (Phi) is 5.58. The van der Waals surface area contributed by atoms with Crippen LogP contribution >= 0.6 is 26.0 Å². The molecule has 110 valence electrons. The number of hydrogen-bond acceptors (Lipinski definition) is 5. The van der Waals surface area contributed by atoms with Crippen LogP contribution in [0.15, 0.2) is 23.1 Å². The Bertz CT molecular complexity index is 652. The first kappa shape index (κ1) is 17.4. The predicted octanol–water partition coefficient (Wildman–Crippen LogP) is 3.90. The van der Waals surface area contributed by atoms with E-state index in [0.29, 0.717) is 10.5 Å². The molecule has 0 bridgehead atoms. The maximum atomic E-state index is 12.5. The number of thioether (sulfide) groups is 1. The van der Waals surface area contributed by atoms with E-state index in [1.54, 1.807) is 32.6 Å². The van der Waals surface area contributed by atoms with Gasteiger partial charge in [0.15, 0.2) is 0 Å². The number of hydrogen-bond donors (Lipinski definition) is 1. The fraction of sp³-hybridized carbons (Fsp3) is 0.385. The van der Waals surface area contributed by atoms with E-state index >= 15 is 0 Å². The second kappa shape index (κ2) is 6.41. The van der Waals surface area contributed by atoms with E-state index in [1.807, 2.05) is 19.4 Å². The minimum atomic E-state index is -2.51. The molecule has 7 heteroatoms. The van der Waals surface area contributed by atoms with Crippen molar-refractivity contribution in [2.24, 2.45) is 0 Å². The van der Waals surface area contributed by atoms with Crippen LogP contribution in [0.4, 0.5) is 0 Å². The van der Waals surface area contributed by atoms with Gasteiger partial charge in [-0.05, 0) is 44.9 Å². The van der Waals surface area contributed by atoms with Gasteiger partial charge in [-0.25, -0.2) is 0 Å². The summed E-state index contributed by atoms with van der Waals surface area (Å²) in [6.45, 7) is 7.28. The molecule has 0 fully saturated rings. The standard InChI is InChI=1S/C13H19NO3P2S/c1-17-19(4,5)13(18(2,3)16)20-12-8-10(9-14)6-7-11(12)15/h6-8,15H,1-5H3. The molecule has 1 aromatic rings. The van der Waals surface area contributed by atoms with Crippen molar-refractivity contribution in [3.05, 3.63) is 23.8 Å². The molecule has 0 heterocycles. The highest BCUT2D eigenvalue weighted by Gasteiger charge is 2.25. The SMILES string of the molecule is COP(C)(C)=C(Sc1cc(C#N)ccc1O)P(C)(C)=O. The fourth-order valence-corrected chi connectivity index (χ4v) is 9.81. The van der Waals surface area contributed by atoms with Crippen molar-refractivity contribution in [1.82, 2.24) is 0 Å². The van der Waals surface area contributed by atoms with Gasteiger partial charge >= 0.3 is 0 Å². The zero-order valence-electron chi connectivity index (χ0n) is 12.2. The minimum absolute atomic E-state index is 0.0797. The number of nitrogens with zero attached hydrogens (tertiary/aromatic N) is 1. The lowest BCUT2D eigenvalue weighted by molar-refractivity contribution is 0.462. The number of phenols is 1. The summed E-state index contributed by atoms with van der Waals surface area (Å²) in [7, 11) is -2.85. The molecular formula is C13H19NO3P2S. The minimum Gasteiger partial charge on any atom is -0.507 e. The second-order valence-corrected chi connectivity index (χ2v) is 13.7. The first-order valence-corrected chi connectivity index (χ1v) is 11.9. The Morgan fingerprint density at radius 2 is 1.95 bits per heavy atom. The largest absolute Gasteiger partial charge is 0.507 e.